The molecule has 0 aliphatic rings. The first-order chi connectivity index (χ1) is 6.26. The summed E-state index contributed by atoms with van der Waals surface area (Å²) >= 11 is 0. The van der Waals surface area contributed by atoms with Crippen molar-refractivity contribution in [2.75, 3.05) is 27.4 Å². The van der Waals surface area contributed by atoms with Crippen LogP contribution in [0.5, 0.6) is 0 Å². The molecule has 0 aromatic rings. The Balaban J connectivity index is 3.53. The van der Waals surface area contributed by atoms with E-state index >= 15 is 0 Å². The van der Waals surface area contributed by atoms with Crippen molar-refractivity contribution in [3.63, 3.8) is 0 Å². The SMILES string of the molecule is CCC(NOCCOC)C(=O)OC. The Bertz CT molecular complexity index is 140. The number of rotatable bonds is 7. The molecule has 1 unspecified atom stereocenters. The van der Waals surface area contributed by atoms with Crippen molar-refractivity contribution in [1.82, 2.24) is 5.48 Å². The van der Waals surface area contributed by atoms with Gasteiger partial charge in [-0.1, -0.05) is 6.92 Å². The molecule has 0 fully saturated rings. The van der Waals surface area contributed by atoms with Gasteiger partial charge in [-0.2, -0.15) is 5.48 Å². The van der Waals surface area contributed by atoms with Crippen molar-refractivity contribution in [2.24, 2.45) is 0 Å². The maximum Gasteiger partial charge on any atom is 0.325 e. The number of carbonyl (C=O) groups is 1. The highest BCUT2D eigenvalue weighted by atomic mass is 16.7. The number of esters is 1. The third-order valence-corrected chi connectivity index (χ3v) is 1.51. The molecule has 0 aromatic heterocycles. The van der Waals surface area contributed by atoms with Gasteiger partial charge in [-0.3, -0.25) is 9.63 Å². The minimum atomic E-state index is -0.401. The number of methoxy groups -OCH3 is 2. The lowest BCUT2D eigenvalue weighted by Crippen LogP contribution is -2.37. The van der Waals surface area contributed by atoms with Crippen LogP contribution < -0.4 is 5.48 Å². The molecule has 1 atom stereocenters. The van der Waals surface area contributed by atoms with Crippen molar-refractivity contribution >= 4 is 5.97 Å². The van der Waals surface area contributed by atoms with E-state index in [-0.39, 0.29) is 5.97 Å². The molecule has 0 aliphatic heterocycles. The highest BCUT2D eigenvalue weighted by Crippen LogP contribution is 1.93. The van der Waals surface area contributed by atoms with Crippen LogP contribution >= 0.6 is 0 Å². The third kappa shape index (κ3) is 5.57. The van der Waals surface area contributed by atoms with E-state index < -0.39 is 6.04 Å². The maximum atomic E-state index is 11.0. The number of ether oxygens (including phenoxy) is 2. The summed E-state index contributed by atoms with van der Waals surface area (Å²) in [5, 5.41) is 0. The lowest BCUT2D eigenvalue weighted by Gasteiger charge is -2.13. The fraction of sp³-hybridized carbons (Fsp3) is 0.875. The Labute approximate surface area is 78.3 Å². The second-order valence-corrected chi connectivity index (χ2v) is 2.44. The summed E-state index contributed by atoms with van der Waals surface area (Å²) in [6.07, 6.45) is 0.625. The van der Waals surface area contributed by atoms with Crippen LogP contribution in [0.4, 0.5) is 0 Å². The third-order valence-electron chi connectivity index (χ3n) is 1.51. The van der Waals surface area contributed by atoms with Gasteiger partial charge in [-0.05, 0) is 6.42 Å². The molecule has 0 saturated heterocycles. The summed E-state index contributed by atoms with van der Waals surface area (Å²) in [5.41, 5.74) is 2.60. The van der Waals surface area contributed by atoms with Crippen LogP contribution in [0.3, 0.4) is 0 Å². The first-order valence-corrected chi connectivity index (χ1v) is 4.20. The van der Waals surface area contributed by atoms with E-state index in [1.54, 1.807) is 7.11 Å². The Morgan fingerprint density at radius 3 is 2.54 bits per heavy atom. The summed E-state index contributed by atoms with van der Waals surface area (Å²) in [7, 11) is 2.93. The standard InChI is InChI=1S/C8H17NO4/c1-4-7(8(10)12-3)9-13-6-5-11-2/h7,9H,4-6H2,1-3H3. The highest BCUT2D eigenvalue weighted by molar-refractivity contribution is 5.75. The van der Waals surface area contributed by atoms with E-state index in [0.29, 0.717) is 19.6 Å². The molecule has 1 N–H and O–H groups in total. The Morgan fingerprint density at radius 2 is 2.08 bits per heavy atom. The Hall–Kier alpha value is -0.650. The number of hydrogen-bond donors (Lipinski definition) is 1. The zero-order valence-corrected chi connectivity index (χ0v) is 8.33. The van der Waals surface area contributed by atoms with E-state index in [4.69, 9.17) is 9.57 Å². The summed E-state index contributed by atoms with van der Waals surface area (Å²) in [6, 6.07) is -0.401. The average molecular weight is 191 g/mol. The number of hydrogen-bond acceptors (Lipinski definition) is 5. The molecule has 0 heterocycles. The molecule has 78 valence electrons. The first-order valence-electron chi connectivity index (χ1n) is 4.20. The number of hydroxylamine groups is 1. The molecule has 0 spiro atoms. The second-order valence-electron chi connectivity index (χ2n) is 2.44. The molecule has 5 heteroatoms. The van der Waals surface area contributed by atoms with Crippen molar-refractivity contribution in [3.8, 4) is 0 Å². The molecular weight excluding hydrogens is 174 g/mol. The van der Waals surface area contributed by atoms with E-state index in [1.807, 2.05) is 6.92 Å². The van der Waals surface area contributed by atoms with Crippen LogP contribution in [-0.4, -0.2) is 39.4 Å². The summed E-state index contributed by atoms with van der Waals surface area (Å²) in [4.78, 5) is 16.0. The van der Waals surface area contributed by atoms with Gasteiger partial charge in [0.2, 0.25) is 0 Å². The normalized spacial score (nSPS) is 12.5. The summed E-state index contributed by atoms with van der Waals surface area (Å²) < 4.78 is 9.31. The number of nitrogens with one attached hydrogen (secondary N) is 1. The Kier molecular flexibility index (Phi) is 7.57. The molecule has 0 amide bonds. The van der Waals surface area contributed by atoms with Gasteiger partial charge in [0, 0.05) is 7.11 Å². The molecule has 13 heavy (non-hydrogen) atoms. The zero-order chi connectivity index (χ0) is 10.1. The average Bonchev–Trinajstić information content (AvgIpc) is 2.17. The van der Waals surface area contributed by atoms with Crippen LogP contribution in [0.2, 0.25) is 0 Å². The van der Waals surface area contributed by atoms with E-state index in [2.05, 4.69) is 10.2 Å². The fourth-order valence-electron chi connectivity index (χ4n) is 0.725. The lowest BCUT2D eigenvalue weighted by molar-refractivity contribution is -0.148. The van der Waals surface area contributed by atoms with Gasteiger partial charge in [0.15, 0.2) is 0 Å². The van der Waals surface area contributed by atoms with Crippen LogP contribution in [-0.2, 0) is 19.1 Å². The zero-order valence-electron chi connectivity index (χ0n) is 8.33. The highest BCUT2D eigenvalue weighted by Gasteiger charge is 2.15. The second kappa shape index (κ2) is 7.97. The van der Waals surface area contributed by atoms with Gasteiger partial charge in [-0.15, -0.1) is 0 Å². The predicted octanol–water partition coefficient (Wildman–Crippen LogP) is 0.106. The topological polar surface area (TPSA) is 56.8 Å². The van der Waals surface area contributed by atoms with Crippen LogP contribution in [0.15, 0.2) is 0 Å². The van der Waals surface area contributed by atoms with Gasteiger partial charge in [0.05, 0.1) is 20.3 Å². The van der Waals surface area contributed by atoms with Gasteiger partial charge in [-0.25, -0.2) is 0 Å². The molecule has 0 saturated carbocycles. The van der Waals surface area contributed by atoms with Crippen molar-refractivity contribution in [1.29, 1.82) is 0 Å². The molecule has 0 aromatic carbocycles. The number of carbonyl (C=O) groups excluding carboxylic acids is 1. The van der Waals surface area contributed by atoms with Crippen LogP contribution in [0.1, 0.15) is 13.3 Å². The minimum Gasteiger partial charge on any atom is -0.468 e. The lowest BCUT2D eigenvalue weighted by atomic mass is 10.2. The van der Waals surface area contributed by atoms with Gasteiger partial charge < -0.3 is 9.47 Å². The monoisotopic (exact) mass is 191 g/mol. The maximum absolute atomic E-state index is 11.0. The molecule has 0 aliphatic carbocycles. The molecule has 0 rings (SSSR count). The smallest absolute Gasteiger partial charge is 0.325 e. The summed E-state index contributed by atoms with van der Waals surface area (Å²) in [5.74, 6) is -0.320. The van der Waals surface area contributed by atoms with Gasteiger partial charge in [0.25, 0.3) is 0 Å². The largest absolute Gasteiger partial charge is 0.468 e. The van der Waals surface area contributed by atoms with Crippen molar-refractivity contribution in [2.45, 2.75) is 19.4 Å². The summed E-state index contributed by atoms with van der Waals surface area (Å²) in [6.45, 7) is 2.77. The molecule has 0 radical (unpaired) electrons. The quantitative estimate of drug-likeness (QED) is 0.351. The van der Waals surface area contributed by atoms with Gasteiger partial charge >= 0.3 is 5.97 Å². The minimum absolute atomic E-state index is 0.320. The molecular formula is C8H17NO4. The Morgan fingerprint density at radius 1 is 1.38 bits per heavy atom. The van der Waals surface area contributed by atoms with Crippen molar-refractivity contribution in [3.05, 3.63) is 0 Å². The van der Waals surface area contributed by atoms with E-state index in [0.717, 1.165) is 0 Å². The van der Waals surface area contributed by atoms with Crippen LogP contribution in [0.25, 0.3) is 0 Å². The van der Waals surface area contributed by atoms with E-state index in [9.17, 15) is 4.79 Å². The van der Waals surface area contributed by atoms with Crippen molar-refractivity contribution < 1.29 is 19.1 Å². The van der Waals surface area contributed by atoms with E-state index in [1.165, 1.54) is 7.11 Å². The first kappa shape index (κ1) is 12.3. The fourth-order valence-corrected chi connectivity index (χ4v) is 0.725. The molecule has 5 nitrogen and oxygen atoms in total. The van der Waals surface area contributed by atoms with Crippen LogP contribution in [0, 0.1) is 0 Å². The molecule has 0 bridgehead atoms. The predicted molar refractivity (Wildman–Crippen MR) is 47.1 cm³/mol. The van der Waals surface area contributed by atoms with Gasteiger partial charge in [0.1, 0.15) is 6.04 Å².